The summed E-state index contributed by atoms with van der Waals surface area (Å²) in [6.07, 6.45) is 3.19. The molecule has 2 aromatic rings. The van der Waals surface area contributed by atoms with Crippen molar-refractivity contribution in [1.82, 2.24) is 19.7 Å². The predicted molar refractivity (Wildman–Crippen MR) is 96.5 cm³/mol. The van der Waals surface area contributed by atoms with Crippen LogP contribution in [-0.2, 0) is 17.9 Å². The molecule has 26 heavy (non-hydrogen) atoms. The topological polar surface area (TPSA) is 68.9 Å². The smallest absolute Gasteiger partial charge is 0.346 e. The Bertz CT molecular complexity index is 838. The minimum atomic E-state index is -0.411. The number of halogens is 1. The summed E-state index contributed by atoms with van der Waals surface area (Å²) in [5.41, 5.74) is 0.421. The molecule has 140 valence electrons. The molecule has 1 aliphatic rings. The number of benzene rings is 1. The van der Waals surface area contributed by atoms with Crippen LogP contribution < -0.4 is 11.0 Å². The van der Waals surface area contributed by atoms with Crippen LogP contribution in [0.3, 0.4) is 0 Å². The summed E-state index contributed by atoms with van der Waals surface area (Å²) < 4.78 is 16.3. The minimum absolute atomic E-state index is 0.0671. The van der Waals surface area contributed by atoms with Gasteiger partial charge in [-0.2, -0.15) is 5.10 Å². The lowest BCUT2D eigenvalue weighted by Crippen LogP contribution is -2.40. The molecule has 1 N–H and O–H groups in total. The molecule has 1 aromatic heterocycles. The summed E-state index contributed by atoms with van der Waals surface area (Å²) in [6.45, 7) is 4.83. The van der Waals surface area contributed by atoms with Gasteiger partial charge in [0.25, 0.3) is 0 Å². The molecular weight excluding hydrogens is 335 g/mol. The SMILES string of the molecule is CCC(CC)NC(=O)C1CCCn2c1nn(Cc1cccc(F)c1)c2=O. The van der Waals surface area contributed by atoms with Crippen LogP contribution in [0.1, 0.15) is 56.8 Å². The Morgan fingerprint density at radius 1 is 1.38 bits per heavy atom. The standard InChI is InChI=1S/C19H25FN4O2/c1-3-15(4-2)21-18(25)16-9-6-10-23-17(16)22-24(19(23)26)12-13-7-5-8-14(20)11-13/h5,7-8,11,15-16H,3-4,6,9-10,12H2,1-2H3,(H,21,25). The number of nitrogens with one attached hydrogen (secondary N) is 1. The van der Waals surface area contributed by atoms with Gasteiger partial charge in [0.2, 0.25) is 5.91 Å². The third-order valence-corrected chi connectivity index (χ3v) is 5.01. The van der Waals surface area contributed by atoms with Gasteiger partial charge in [0.1, 0.15) is 11.6 Å². The lowest BCUT2D eigenvalue weighted by Gasteiger charge is -2.23. The van der Waals surface area contributed by atoms with Crippen LogP contribution in [0.15, 0.2) is 29.1 Å². The highest BCUT2D eigenvalue weighted by Crippen LogP contribution is 2.25. The van der Waals surface area contributed by atoms with Gasteiger partial charge in [-0.25, -0.2) is 13.9 Å². The summed E-state index contributed by atoms with van der Waals surface area (Å²) in [4.78, 5) is 25.3. The van der Waals surface area contributed by atoms with E-state index < -0.39 is 5.92 Å². The average molecular weight is 360 g/mol. The van der Waals surface area contributed by atoms with E-state index in [4.69, 9.17) is 0 Å². The maximum atomic E-state index is 13.4. The van der Waals surface area contributed by atoms with Crippen molar-refractivity contribution in [3.05, 3.63) is 52.0 Å². The predicted octanol–water partition coefficient (Wildman–Crippen LogP) is 2.41. The molecule has 1 unspecified atom stereocenters. The van der Waals surface area contributed by atoms with Crippen LogP contribution in [0.4, 0.5) is 4.39 Å². The average Bonchev–Trinajstić information content (AvgIpc) is 2.95. The molecular formula is C19H25FN4O2. The molecule has 0 saturated carbocycles. The van der Waals surface area contributed by atoms with Crippen molar-refractivity contribution in [3.8, 4) is 0 Å². The van der Waals surface area contributed by atoms with Gasteiger partial charge in [-0.3, -0.25) is 9.36 Å². The number of carbonyl (C=O) groups excluding carboxylic acids is 1. The third-order valence-electron chi connectivity index (χ3n) is 5.01. The van der Waals surface area contributed by atoms with Crippen LogP contribution >= 0.6 is 0 Å². The lowest BCUT2D eigenvalue weighted by molar-refractivity contribution is -0.124. The zero-order valence-corrected chi connectivity index (χ0v) is 15.2. The van der Waals surface area contributed by atoms with Crippen LogP contribution in [0.2, 0.25) is 0 Å². The van der Waals surface area contributed by atoms with Crippen molar-refractivity contribution in [1.29, 1.82) is 0 Å². The van der Waals surface area contributed by atoms with E-state index in [1.165, 1.54) is 16.8 Å². The van der Waals surface area contributed by atoms with E-state index in [-0.39, 0.29) is 30.0 Å². The van der Waals surface area contributed by atoms with Crippen molar-refractivity contribution in [2.75, 3.05) is 0 Å². The molecule has 7 heteroatoms. The van der Waals surface area contributed by atoms with Crippen LogP contribution in [0, 0.1) is 5.82 Å². The Morgan fingerprint density at radius 3 is 2.85 bits per heavy atom. The van der Waals surface area contributed by atoms with Crippen LogP contribution in [0.25, 0.3) is 0 Å². The molecule has 1 aromatic carbocycles. The van der Waals surface area contributed by atoms with Gasteiger partial charge in [0, 0.05) is 12.6 Å². The highest BCUT2D eigenvalue weighted by Gasteiger charge is 2.32. The van der Waals surface area contributed by atoms with Crippen molar-refractivity contribution >= 4 is 5.91 Å². The van der Waals surface area contributed by atoms with Gasteiger partial charge >= 0.3 is 5.69 Å². The first-order valence-electron chi connectivity index (χ1n) is 9.25. The molecule has 1 amide bonds. The highest BCUT2D eigenvalue weighted by atomic mass is 19.1. The van der Waals surface area contributed by atoms with E-state index in [1.54, 1.807) is 16.7 Å². The van der Waals surface area contributed by atoms with Crippen molar-refractivity contribution in [2.45, 2.75) is 64.6 Å². The van der Waals surface area contributed by atoms with E-state index in [2.05, 4.69) is 10.4 Å². The fraction of sp³-hybridized carbons (Fsp3) is 0.526. The Labute approximate surface area is 152 Å². The number of hydrogen-bond donors (Lipinski definition) is 1. The zero-order valence-electron chi connectivity index (χ0n) is 15.2. The molecule has 0 spiro atoms. The summed E-state index contributed by atoms with van der Waals surface area (Å²) in [5.74, 6) is -0.309. The number of nitrogens with zero attached hydrogens (tertiary/aromatic N) is 3. The van der Waals surface area contributed by atoms with Gasteiger partial charge in [0.15, 0.2) is 0 Å². The molecule has 1 atom stereocenters. The second-order valence-corrected chi connectivity index (χ2v) is 6.80. The molecule has 0 bridgehead atoms. The molecule has 1 aliphatic heterocycles. The summed E-state index contributed by atoms with van der Waals surface area (Å²) >= 11 is 0. The van der Waals surface area contributed by atoms with E-state index >= 15 is 0 Å². The van der Waals surface area contributed by atoms with Crippen molar-refractivity contribution < 1.29 is 9.18 Å². The summed E-state index contributed by atoms with van der Waals surface area (Å²) in [7, 11) is 0. The Kier molecular flexibility index (Phi) is 5.54. The minimum Gasteiger partial charge on any atom is -0.353 e. The molecule has 0 saturated heterocycles. The number of hydrogen-bond acceptors (Lipinski definition) is 3. The Hall–Kier alpha value is -2.44. The van der Waals surface area contributed by atoms with Crippen LogP contribution in [-0.4, -0.2) is 26.3 Å². The largest absolute Gasteiger partial charge is 0.353 e. The second kappa shape index (κ2) is 7.85. The normalized spacial score (nSPS) is 16.5. The number of carbonyl (C=O) groups is 1. The molecule has 0 aliphatic carbocycles. The van der Waals surface area contributed by atoms with Gasteiger partial charge in [0.05, 0.1) is 12.5 Å². The maximum absolute atomic E-state index is 13.4. The third kappa shape index (κ3) is 3.71. The number of aromatic nitrogens is 3. The molecule has 2 heterocycles. The number of rotatable bonds is 6. The first-order valence-corrected chi connectivity index (χ1v) is 9.25. The fourth-order valence-electron chi connectivity index (χ4n) is 3.46. The molecule has 0 radical (unpaired) electrons. The first kappa shape index (κ1) is 18.4. The van der Waals surface area contributed by atoms with E-state index in [0.29, 0.717) is 24.4 Å². The van der Waals surface area contributed by atoms with E-state index in [0.717, 1.165) is 19.3 Å². The lowest BCUT2D eigenvalue weighted by atomic mass is 9.97. The maximum Gasteiger partial charge on any atom is 0.346 e. The monoisotopic (exact) mass is 360 g/mol. The molecule has 0 fully saturated rings. The Balaban J connectivity index is 1.86. The second-order valence-electron chi connectivity index (χ2n) is 6.80. The van der Waals surface area contributed by atoms with Crippen molar-refractivity contribution in [3.63, 3.8) is 0 Å². The van der Waals surface area contributed by atoms with Crippen molar-refractivity contribution in [2.24, 2.45) is 0 Å². The van der Waals surface area contributed by atoms with Gasteiger partial charge in [-0.1, -0.05) is 26.0 Å². The van der Waals surface area contributed by atoms with E-state index in [9.17, 15) is 14.0 Å². The number of amides is 1. The molecule has 3 rings (SSSR count). The van der Waals surface area contributed by atoms with Gasteiger partial charge < -0.3 is 5.32 Å². The highest BCUT2D eigenvalue weighted by molar-refractivity contribution is 5.83. The summed E-state index contributed by atoms with van der Waals surface area (Å²) in [6, 6.07) is 6.26. The quantitative estimate of drug-likeness (QED) is 0.860. The summed E-state index contributed by atoms with van der Waals surface area (Å²) in [5, 5.41) is 7.48. The Morgan fingerprint density at radius 2 is 2.15 bits per heavy atom. The van der Waals surface area contributed by atoms with E-state index in [1.807, 2.05) is 13.8 Å². The molecule has 6 nitrogen and oxygen atoms in total. The number of fused-ring (bicyclic) bond motifs is 1. The van der Waals surface area contributed by atoms with Gasteiger partial charge in [-0.05, 0) is 43.4 Å². The fourth-order valence-corrected chi connectivity index (χ4v) is 3.46. The van der Waals surface area contributed by atoms with Gasteiger partial charge in [-0.15, -0.1) is 0 Å². The first-order chi connectivity index (χ1) is 12.5. The zero-order chi connectivity index (χ0) is 18.7. The van der Waals surface area contributed by atoms with Crippen LogP contribution in [0.5, 0.6) is 0 Å².